The van der Waals surface area contributed by atoms with Gasteiger partial charge < -0.3 is 4.72 Å². The van der Waals surface area contributed by atoms with Crippen molar-refractivity contribution in [2.45, 2.75) is 25.7 Å². The average molecular weight is 297 g/mol. The van der Waals surface area contributed by atoms with Crippen molar-refractivity contribution in [3.63, 3.8) is 0 Å². The Balaban J connectivity index is 0.000000774. The van der Waals surface area contributed by atoms with Crippen molar-refractivity contribution in [2.24, 2.45) is 0 Å². The number of nitrogens with zero attached hydrogens (tertiary/aromatic N) is 2. The minimum Gasteiger partial charge on any atom is -0.309 e. The molecule has 0 aliphatic rings. The monoisotopic (exact) mass is 297 g/mol. The van der Waals surface area contributed by atoms with Crippen molar-refractivity contribution < 1.29 is 0 Å². The zero-order valence-corrected chi connectivity index (χ0v) is 13.3. The summed E-state index contributed by atoms with van der Waals surface area (Å²) in [7, 11) is 0. The highest BCUT2D eigenvalue weighted by atomic mass is 32.2. The molecule has 3 nitrogen and oxygen atoms in total. The summed E-state index contributed by atoms with van der Waals surface area (Å²) in [6.07, 6.45) is 0. The maximum atomic E-state index is 4.60. The molecule has 0 spiro atoms. The maximum Gasteiger partial charge on any atom is 0.158 e. The van der Waals surface area contributed by atoms with Crippen molar-refractivity contribution in [1.29, 1.82) is 0 Å². The van der Waals surface area contributed by atoms with Gasteiger partial charge in [0.15, 0.2) is 5.82 Å². The Morgan fingerprint density at radius 2 is 1.38 bits per heavy atom. The van der Waals surface area contributed by atoms with Crippen LogP contribution in [0.1, 0.15) is 19.5 Å². The van der Waals surface area contributed by atoms with Gasteiger partial charge in [-0.2, -0.15) is 0 Å². The first-order valence-electron chi connectivity index (χ1n) is 7.04. The van der Waals surface area contributed by atoms with Crippen LogP contribution >= 0.6 is 11.9 Å². The van der Waals surface area contributed by atoms with Gasteiger partial charge in [-0.05, 0) is 43.1 Å². The number of rotatable bonds is 3. The fourth-order valence-corrected chi connectivity index (χ4v) is 2.48. The Bertz CT molecular complexity index is 699. The normalized spacial score (nSPS) is 9.86. The van der Waals surface area contributed by atoms with E-state index >= 15 is 0 Å². The van der Waals surface area contributed by atoms with Crippen LogP contribution in [0.25, 0.3) is 11.0 Å². The third-order valence-electron chi connectivity index (χ3n) is 2.75. The lowest BCUT2D eigenvalue weighted by molar-refractivity contribution is 1.19. The number of aromatic nitrogens is 2. The number of nitrogens with one attached hydrogen (secondary N) is 1. The summed E-state index contributed by atoms with van der Waals surface area (Å²) in [4.78, 5) is 10.3. The maximum absolute atomic E-state index is 4.60. The lowest BCUT2D eigenvalue weighted by Gasteiger charge is -2.08. The van der Waals surface area contributed by atoms with Crippen LogP contribution in [0, 0.1) is 6.92 Å². The summed E-state index contributed by atoms with van der Waals surface area (Å²) >= 11 is 1.54. The summed E-state index contributed by atoms with van der Waals surface area (Å²) < 4.78 is 3.26. The van der Waals surface area contributed by atoms with Crippen molar-refractivity contribution in [2.75, 3.05) is 4.72 Å². The number of benzene rings is 2. The molecule has 0 atom stereocenters. The van der Waals surface area contributed by atoms with Gasteiger partial charge in [0.25, 0.3) is 0 Å². The second kappa shape index (κ2) is 7.64. The highest BCUT2D eigenvalue weighted by molar-refractivity contribution is 8.00. The molecule has 2 aromatic carbocycles. The number of aryl methyl sites for hydroxylation is 1. The zero-order chi connectivity index (χ0) is 15.1. The topological polar surface area (TPSA) is 37.8 Å². The van der Waals surface area contributed by atoms with E-state index in [1.807, 2.05) is 63.2 Å². The van der Waals surface area contributed by atoms with Gasteiger partial charge in [0, 0.05) is 4.90 Å². The molecule has 1 aromatic heterocycles. The van der Waals surface area contributed by atoms with Gasteiger partial charge in [-0.1, -0.05) is 44.2 Å². The van der Waals surface area contributed by atoms with E-state index in [4.69, 9.17) is 0 Å². The molecule has 0 radical (unpaired) electrons. The summed E-state index contributed by atoms with van der Waals surface area (Å²) in [6.45, 7) is 5.97. The fraction of sp³-hybridized carbons (Fsp3) is 0.176. The molecule has 0 aliphatic carbocycles. The number of para-hydroxylation sites is 2. The molecule has 21 heavy (non-hydrogen) atoms. The van der Waals surface area contributed by atoms with Gasteiger partial charge in [-0.15, -0.1) is 0 Å². The Hall–Kier alpha value is -2.07. The molecule has 1 heterocycles. The van der Waals surface area contributed by atoms with Gasteiger partial charge in [-0.25, -0.2) is 9.97 Å². The van der Waals surface area contributed by atoms with Crippen LogP contribution in [0.15, 0.2) is 59.5 Å². The number of anilines is 1. The van der Waals surface area contributed by atoms with Crippen LogP contribution in [0.4, 0.5) is 5.82 Å². The summed E-state index contributed by atoms with van der Waals surface area (Å²) in [6, 6.07) is 18.0. The molecular formula is C17H19N3S. The standard InChI is InChI=1S/C15H13N3S.C2H6/c1-11-15(18-19-12-7-3-2-4-8-12)17-14-10-6-5-9-13(14)16-11;1-2/h2-10H,1H3,(H,17,18);1-2H3. The smallest absolute Gasteiger partial charge is 0.158 e. The third-order valence-corrected chi connectivity index (χ3v) is 3.56. The first-order chi connectivity index (χ1) is 10.3. The highest BCUT2D eigenvalue weighted by Crippen LogP contribution is 2.22. The second-order valence-corrected chi connectivity index (χ2v) is 5.04. The minimum absolute atomic E-state index is 0.813. The summed E-state index contributed by atoms with van der Waals surface area (Å²) in [5, 5.41) is 0. The highest BCUT2D eigenvalue weighted by Gasteiger charge is 2.04. The molecule has 3 aromatic rings. The molecule has 1 N–H and O–H groups in total. The van der Waals surface area contributed by atoms with E-state index in [9.17, 15) is 0 Å². The number of hydrogen-bond donors (Lipinski definition) is 1. The molecule has 0 aliphatic heterocycles. The van der Waals surface area contributed by atoms with Crippen LogP contribution in [-0.2, 0) is 0 Å². The predicted octanol–water partition coefficient (Wildman–Crippen LogP) is 5.08. The molecule has 0 unspecified atom stereocenters. The van der Waals surface area contributed by atoms with Crippen molar-refractivity contribution in [3.05, 3.63) is 60.3 Å². The summed E-state index contributed by atoms with van der Waals surface area (Å²) in [5.41, 5.74) is 2.74. The van der Waals surface area contributed by atoms with E-state index in [0.29, 0.717) is 0 Å². The average Bonchev–Trinajstić information content (AvgIpc) is 2.56. The van der Waals surface area contributed by atoms with E-state index in [2.05, 4.69) is 26.8 Å². The SMILES string of the molecule is CC.Cc1nc2ccccc2nc1NSc1ccccc1. The molecule has 108 valence electrons. The van der Waals surface area contributed by atoms with Gasteiger partial charge >= 0.3 is 0 Å². The van der Waals surface area contributed by atoms with E-state index in [0.717, 1.165) is 27.4 Å². The van der Waals surface area contributed by atoms with Crippen LogP contribution in [0.3, 0.4) is 0 Å². The Morgan fingerprint density at radius 3 is 2.05 bits per heavy atom. The Labute approximate surface area is 130 Å². The van der Waals surface area contributed by atoms with Gasteiger partial charge in [0.2, 0.25) is 0 Å². The second-order valence-electron chi connectivity index (χ2n) is 4.16. The predicted molar refractivity (Wildman–Crippen MR) is 91.5 cm³/mol. The molecule has 4 heteroatoms. The third kappa shape index (κ3) is 3.95. The molecule has 0 amide bonds. The first kappa shape index (κ1) is 15.3. The van der Waals surface area contributed by atoms with Gasteiger partial charge in [0.05, 0.1) is 16.7 Å². The van der Waals surface area contributed by atoms with E-state index in [1.54, 1.807) is 11.9 Å². The van der Waals surface area contributed by atoms with E-state index in [1.165, 1.54) is 0 Å². The van der Waals surface area contributed by atoms with Gasteiger partial charge in [0.1, 0.15) is 0 Å². The number of fused-ring (bicyclic) bond motifs is 1. The fourth-order valence-electron chi connectivity index (χ4n) is 1.78. The molecule has 0 bridgehead atoms. The van der Waals surface area contributed by atoms with Crippen LogP contribution < -0.4 is 4.72 Å². The quantitative estimate of drug-likeness (QED) is 0.684. The molecule has 3 rings (SSSR count). The van der Waals surface area contributed by atoms with E-state index in [-0.39, 0.29) is 0 Å². The van der Waals surface area contributed by atoms with Crippen molar-refractivity contribution >= 4 is 28.8 Å². The van der Waals surface area contributed by atoms with E-state index < -0.39 is 0 Å². The van der Waals surface area contributed by atoms with Crippen molar-refractivity contribution in [3.8, 4) is 0 Å². The largest absolute Gasteiger partial charge is 0.309 e. The van der Waals surface area contributed by atoms with Gasteiger partial charge in [-0.3, -0.25) is 0 Å². The first-order valence-corrected chi connectivity index (χ1v) is 7.86. The lowest BCUT2D eigenvalue weighted by atomic mass is 10.3. The lowest BCUT2D eigenvalue weighted by Crippen LogP contribution is -1.97. The van der Waals surface area contributed by atoms with Crippen LogP contribution in [0.2, 0.25) is 0 Å². The molecule has 0 saturated heterocycles. The van der Waals surface area contributed by atoms with Crippen molar-refractivity contribution in [1.82, 2.24) is 9.97 Å². The molecule has 0 saturated carbocycles. The Morgan fingerprint density at radius 1 is 0.810 bits per heavy atom. The van der Waals surface area contributed by atoms with Crippen LogP contribution in [-0.4, -0.2) is 9.97 Å². The molecule has 0 fully saturated rings. The summed E-state index contributed by atoms with van der Waals surface area (Å²) in [5.74, 6) is 0.813. The van der Waals surface area contributed by atoms with Crippen LogP contribution in [0.5, 0.6) is 0 Å². The minimum atomic E-state index is 0.813. The number of hydrogen-bond acceptors (Lipinski definition) is 4. The molecular weight excluding hydrogens is 278 g/mol. The zero-order valence-electron chi connectivity index (χ0n) is 12.5. The Kier molecular flexibility index (Phi) is 5.58.